The highest BCUT2D eigenvalue weighted by atomic mass is 16.2. The van der Waals surface area contributed by atoms with E-state index in [2.05, 4.69) is 6.07 Å². The van der Waals surface area contributed by atoms with E-state index in [1.165, 1.54) is 0 Å². The van der Waals surface area contributed by atoms with Crippen molar-refractivity contribution in [1.29, 1.82) is 5.26 Å². The maximum Gasteiger partial charge on any atom is 0.0822 e. The van der Waals surface area contributed by atoms with Crippen LogP contribution in [0.4, 0.5) is 0 Å². The molecule has 1 atom stereocenters. The average Bonchev–Trinajstić information content (AvgIpc) is 2.05. The van der Waals surface area contributed by atoms with Crippen molar-refractivity contribution in [1.82, 2.24) is 0 Å². The van der Waals surface area contributed by atoms with Gasteiger partial charge >= 0.3 is 0 Å². The summed E-state index contributed by atoms with van der Waals surface area (Å²) in [6, 6.07) is 2.25. The first kappa shape index (κ1) is 10.4. The van der Waals surface area contributed by atoms with Gasteiger partial charge in [-0.15, -0.1) is 0 Å². The molecule has 0 aromatic rings. The highest BCUT2D eigenvalue weighted by Crippen LogP contribution is 2.11. The Bertz CT molecular complexity index is 117. The Morgan fingerprint density at radius 1 is 1.36 bits per heavy atom. The van der Waals surface area contributed by atoms with Crippen LogP contribution in [0.25, 0.3) is 0 Å². The van der Waals surface area contributed by atoms with Crippen molar-refractivity contribution in [2.24, 2.45) is 5.92 Å². The second-order valence-corrected chi connectivity index (χ2v) is 2.79. The summed E-state index contributed by atoms with van der Waals surface area (Å²) in [5.74, 6) is 0.210. The zero-order valence-corrected chi connectivity index (χ0v) is 7.18. The van der Waals surface area contributed by atoms with Gasteiger partial charge in [0, 0.05) is 5.92 Å². The summed E-state index contributed by atoms with van der Waals surface area (Å²) in [4.78, 5) is 0. The molecule has 0 amide bonds. The molecule has 0 bridgehead atoms. The van der Waals surface area contributed by atoms with Gasteiger partial charge in [-0.05, 0) is 19.3 Å². The van der Waals surface area contributed by atoms with Gasteiger partial charge in [0.1, 0.15) is 0 Å². The fourth-order valence-electron chi connectivity index (χ4n) is 1.03. The van der Waals surface area contributed by atoms with Gasteiger partial charge in [-0.25, -0.2) is 5.11 Å². The van der Waals surface area contributed by atoms with Gasteiger partial charge in [-0.1, -0.05) is 19.8 Å². The van der Waals surface area contributed by atoms with Crippen LogP contribution in [-0.2, 0) is 5.11 Å². The Morgan fingerprint density at radius 2 is 2.09 bits per heavy atom. The summed E-state index contributed by atoms with van der Waals surface area (Å²) in [7, 11) is 0. The van der Waals surface area contributed by atoms with E-state index in [-0.39, 0.29) is 12.5 Å². The summed E-state index contributed by atoms with van der Waals surface area (Å²) in [5, 5.41) is 18.6. The third-order valence-electron chi connectivity index (χ3n) is 1.87. The summed E-state index contributed by atoms with van der Waals surface area (Å²) in [5.41, 5.74) is 0. The van der Waals surface area contributed by atoms with Crippen molar-refractivity contribution in [2.75, 3.05) is 6.61 Å². The van der Waals surface area contributed by atoms with Crippen LogP contribution < -0.4 is 0 Å². The molecule has 1 radical (unpaired) electrons. The van der Waals surface area contributed by atoms with Crippen LogP contribution in [0.3, 0.4) is 0 Å². The second kappa shape index (κ2) is 7.56. The third-order valence-corrected chi connectivity index (χ3v) is 1.87. The minimum atomic E-state index is 0.0311. The molecule has 11 heavy (non-hydrogen) atoms. The van der Waals surface area contributed by atoms with Crippen LogP contribution in [0.15, 0.2) is 0 Å². The van der Waals surface area contributed by atoms with E-state index in [9.17, 15) is 5.11 Å². The Morgan fingerprint density at radius 3 is 2.55 bits per heavy atom. The van der Waals surface area contributed by atoms with Gasteiger partial charge in [-0.3, -0.25) is 0 Å². The highest BCUT2D eigenvalue weighted by molar-refractivity contribution is 4.80. The summed E-state index contributed by atoms with van der Waals surface area (Å²) in [6.07, 6.45) is 4.69. The van der Waals surface area contributed by atoms with Crippen LogP contribution in [0.5, 0.6) is 0 Å². The van der Waals surface area contributed by atoms with Crippen molar-refractivity contribution in [3.05, 3.63) is 0 Å². The first-order chi connectivity index (χ1) is 5.35. The molecule has 0 spiro atoms. The Kier molecular flexibility index (Phi) is 7.18. The normalized spacial score (nSPS) is 12.5. The molecule has 0 fully saturated rings. The average molecular weight is 154 g/mol. The quantitative estimate of drug-likeness (QED) is 0.542. The van der Waals surface area contributed by atoms with Crippen LogP contribution >= 0.6 is 0 Å². The van der Waals surface area contributed by atoms with Crippen molar-refractivity contribution in [3.63, 3.8) is 0 Å². The topological polar surface area (TPSA) is 43.7 Å². The van der Waals surface area contributed by atoms with E-state index in [1.54, 1.807) is 0 Å². The molecule has 0 saturated heterocycles. The molecule has 0 N–H and O–H groups in total. The number of hydrogen-bond acceptors (Lipinski definition) is 1. The predicted octanol–water partition coefficient (Wildman–Crippen LogP) is 2.53. The fraction of sp³-hybridized carbons (Fsp3) is 0.889. The molecule has 0 aliphatic rings. The molecule has 0 aromatic carbocycles. The van der Waals surface area contributed by atoms with Crippen molar-refractivity contribution in [2.45, 2.75) is 39.0 Å². The molecule has 1 unspecified atom stereocenters. The van der Waals surface area contributed by atoms with Crippen LogP contribution in [0, 0.1) is 17.2 Å². The van der Waals surface area contributed by atoms with E-state index in [0.29, 0.717) is 0 Å². The third kappa shape index (κ3) is 5.87. The molecule has 0 aliphatic heterocycles. The van der Waals surface area contributed by atoms with Gasteiger partial charge in [-0.2, -0.15) is 5.26 Å². The van der Waals surface area contributed by atoms with E-state index in [4.69, 9.17) is 5.26 Å². The van der Waals surface area contributed by atoms with Crippen LogP contribution in [0.1, 0.15) is 39.0 Å². The number of hydrogen-bond donors (Lipinski definition) is 0. The standard InChI is InChI=1S/C9H16NO/c1-2-9(8-10)6-4-3-5-7-11/h9H,2-7H2,1H3. The predicted molar refractivity (Wildman–Crippen MR) is 43.4 cm³/mol. The van der Waals surface area contributed by atoms with Gasteiger partial charge in [0.15, 0.2) is 0 Å². The van der Waals surface area contributed by atoms with Gasteiger partial charge in [0.25, 0.3) is 0 Å². The zero-order chi connectivity index (χ0) is 8.53. The lowest BCUT2D eigenvalue weighted by molar-refractivity contribution is 0.185. The number of nitriles is 1. The number of rotatable bonds is 6. The minimum absolute atomic E-state index is 0.0311. The molecule has 0 saturated carbocycles. The smallest absolute Gasteiger partial charge is 0.0822 e. The van der Waals surface area contributed by atoms with Gasteiger partial charge in [0.2, 0.25) is 0 Å². The summed E-state index contributed by atoms with van der Waals surface area (Å²) >= 11 is 0. The number of unbranched alkanes of at least 4 members (excludes halogenated alkanes) is 2. The van der Waals surface area contributed by atoms with Gasteiger partial charge in [0.05, 0.1) is 12.7 Å². The molecule has 0 heterocycles. The minimum Gasteiger partial charge on any atom is -0.237 e. The molecule has 0 aromatic heterocycles. The lowest BCUT2D eigenvalue weighted by Gasteiger charge is -2.03. The summed E-state index contributed by atoms with van der Waals surface area (Å²) in [6.45, 7) is 2.06. The molecule has 0 rings (SSSR count). The second-order valence-electron chi connectivity index (χ2n) is 2.79. The fourth-order valence-corrected chi connectivity index (χ4v) is 1.03. The molecular weight excluding hydrogens is 138 g/mol. The van der Waals surface area contributed by atoms with Crippen LogP contribution in [0.2, 0.25) is 0 Å². The zero-order valence-electron chi connectivity index (χ0n) is 7.18. The van der Waals surface area contributed by atoms with Crippen molar-refractivity contribution in [3.8, 4) is 6.07 Å². The Labute approximate surface area is 68.8 Å². The van der Waals surface area contributed by atoms with Crippen molar-refractivity contribution >= 4 is 0 Å². The van der Waals surface area contributed by atoms with E-state index >= 15 is 0 Å². The number of nitrogens with zero attached hydrogens (tertiary/aromatic N) is 1. The Balaban J connectivity index is 3.16. The lowest BCUT2D eigenvalue weighted by atomic mass is 10.0. The maximum absolute atomic E-state index is 10.0. The highest BCUT2D eigenvalue weighted by Gasteiger charge is 2.02. The van der Waals surface area contributed by atoms with E-state index in [0.717, 1.165) is 32.1 Å². The Hall–Kier alpha value is -0.550. The first-order valence-corrected chi connectivity index (χ1v) is 4.32. The maximum atomic E-state index is 10.0. The molecule has 0 aliphatic carbocycles. The first-order valence-electron chi connectivity index (χ1n) is 4.32. The molecule has 2 nitrogen and oxygen atoms in total. The lowest BCUT2D eigenvalue weighted by Crippen LogP contribution is -1.94. The monoisotopic (exact) mass is 154 g/mol. The SMILES string of the molecule is CCC(C#N)CCCCC[O]. The largest absolute Gasteiger partial charge is 0.237 e. The molecule has 2 heteroatoms. The molecular formula is C9H16NO. The summed E-state index contributed by atoms with van der Waals surface area (Å²) < 4.78 is 0. The van der Waals surface area contributed by atoms with E-state index < -0.39 is 0 Å². The van der Waals surface area contributed by atoms with E-state index in [1.807, 2.05) is 6.92 Å². The van der Waals surface area contributed by atoms with Crippen LogP contribution in [-0.4, -0.2) is 6.61 Å². The van der Waals surface area contributed by atoms with Gasteiger partial charge < -0.3 is 0 Å². The molecule has 63 valence electrons. The van der Waals surface area contributed by atoms with Crippen molar-refractivity contribution < 1.29 is 5.11 Å².